The molecule has 0 saturated carbocycles. The van der Waals surface area contributed by atoms with Crippen molar-refractivity contribution < 1.29 is 13.9 Å². The molecule has 3 nitrogen and oxygen atoms in total. The molecular weight excluding hydrogens is 245 g/mol. The first-order valence-corrected chi connectivity index (χ1v) is 5.21. The SMILES string of the molecule is CCOC(=O)C[C@H](N)c1ccc(F)cc1C.Cl. The van der Waals surface area contributed by atoms with Crippen molar-refractivity contribution in [3.8, 4) is 0 Å². The standard InChI is InChI=1S/C12H16FNO2.ClH/c1-3-16-12(15)7-11(14)10-5-4-9(13)6-8(10)2;/h4-6,11H,3,7,14H2,1-2H3;1H/t11-;/m0./s1. The molecule has 1 rings (SSSR count). The molecule has 0 spiro atoms. The monoisotopic (exact) mass is 261 g/mol. The van der Waals surface area contributed by atoms with Crippen LogP contribution in [0.25, 0.3) is 0 Å². The number of hydrogen-bond acceptors (Lipinski definition) is 3. The van der Waals surface area contributed by atoms with E-state index in [0.717, 1.165) is 11.1 Å². The number of hydrogen-bond donors (Lipinski definition) is 1. The molecule has 0 aliphatic heterocycles. The van der Waals surface area contributed by atoms with E-state index in [2.05, 4.69) is 0 Å². The van der Waals surface area contributed by atoms with Crippen molar-refractivity contribution in [3.05, 3.63) is 35.1 Å². The summed E-state index contributed by atoms with van der Waals surface area (Å²) in [5, 5.41) is 0. The fraction of sp³-hybridized carbons (Fsp3) is 0.417. The van der Waals surface area contributed by atoms with Gasteiger partial charge in [0.2, 0.25) is 0 Å². The maximum absolute atomic E-state index is 12.9. The number of ether oxygens (including phenoxy) is 1. The summed E-state index contributed by atoms with van der Waals surface area (Å²) in [6.07, 6.45) is 0.111. The second kappa shape index (κ2) is 7.25. The third-order valence-electron chi connectivity index (χ3n) is 2.32. The van der Waals surface area contributed by atoms with Gasteiger partial charge in [0.1, 0.15) is 5.82 Å². The summed E-state index contributed by atoms with van der Waals surface area (Å²) >= 11 is 0. The van der Waals surface area contributed by atoms with Gasteiger partial charge in [0.05, 0.1) is 13.0 Å². The summed E-state index contributed by atoms with van der Waals surface area (Å²) < 4.78 is 17.7. The van der Waals surface area contributed by atoms with Crippen LogP contribution in [0.15, 0.2) is 18.2 Å². The van der Waals surface area contributed by atoms with Crippen molar-refractivity contribution in [2.75, 3.05) is 6.61 Å². The van der Waals surface area contributed by atoms with E-state index in [4.69, 9.17) is 10.5 Å². The Balaban J connectivity index is 0.00000256. The summed E-state index contributed by atoms with van der Waals surface area (Å²) in [5.41, 5.74) is 7.37. The van der Waals surface area contributed by atoms with E-state index in [1.807, 2.05) is 0 Å². The molecular formula is C12H17ClFNO2. The highest BCUT2D eigenvalue weighted by Gasteiger charge is 2.14. The van der Waals surface area contributed by atoms with Gasteiger partial charge in [-0.2, -0.15) is 0 Å². The van der Waals surface area contributed by atoms with Crippen molar-refractivity contribution in [1.29, 1.82) is 0 Å². The van der Waals surface area contributed by atoms with Gasteiger partial charge in [-0.3, -0.25) is 4.79 Å². The van der Waals surface area contributed by atoms with E-state index < -0.39 is 6.04 Å². The Kier molecular flexibility index (Phi) is 6.76. The molecule has 0 unspecified atom stereocenters. The van der Waals surface area contributed by atoms with Crippen molar-refractivity contribution in [2.45, 2.75) is 26.3 Å². The van der Waals surface area contributed by atoms with Gasteiger partial charge in [0.15, 0.2) is 0 Å². The predicted octanol–water partition coefficient (Wildman–Crippen LogP) is 2.51. The molecule has 96 valence electrons. The van der Waals surface area contributed by atoms with E-state index in [1.54, 1.807) is 19.9 Å². The number of rotatable bonds is 4. The van der Waals surface area contributed by atoms with Crippen LogP contribution >= 0.6 is 12.4 Å². The van der Waals surface area contributed by atoms with Crippen LogP contribution < -0.4 is 5.73 Å². The number of carbonyl (C=O) groups is 1. The minimum absolute atomic E-state index is 0. The minimum atomic E-state index is -0.445. The van der Waals surface area contributed by atoms with Crippen molar-refractivity contribution in [1.82, 2.24) is 0 Å². The van der Waals surface area contributed by atoms with Crippen LogP contribution in [0.2, 0.25) is 0 Å². The Hall–Kier alpha value is -1.13. The zero-order valence-electron chi connectivity index (χ0n) is 9.90. The molecule has 0 fully saturated rings. The summed E-state index contributed by atoms with van der Waals surface area (Å²) in [6.45, 7) is 3.85. The van der Waals surface area contributed by atoms with Crippen LogP contribution in [0.5, 0.6) is 0 Å². The number of aryl methyl sites for hydroxylation is 1. The van der Waals surface area contributed by atoms with Crippen molar-refractivity contribution >= 4 is 18.4 Å². The summed E-state index contributed by atoms with van der Waals surface area (Å²) in [5.74, 6) is -0.636. The maximum Gasteiger partial charge on any atom is 0.307 e. The third-order valence-corrected chi connectivity index (χ3v) is 2.32. The van der Waals surface area contributed by atoms with Crippen LogP contribution in [0, 0.1) is 12.7 Å². The average Bonchev–Trinajstić information content (AvgIpc) is 2.17. The Morgan fingerprint density at radius 3 is 2.71 bits per heavy atom. The molecule has 0 heterocycles. The lowest BCUT2D eigenvalue weighted by molar-refractivity contribution is -0.143. The summed E-state index contributed by atoms with van der Waals surface area (Å²) in [7, 11) is 0. The van der Waals surface area contributed by atoms with E-state index >= 15 is 0 Å². The van der Waals surface area contributed by atoms with Crippen LogP contribution in [0.3, 0.4) is 0 Å². The fourth-order valence-corrected chi connectivity index (χ4v) is 1.56. The molecule has 1 aromatic rings. The number of nitrogens with two attached hydrogens (primary N) is 1. The van der Waals surface area contributed by atoms with Gasteiger partial charge >= 0.3 is 5.97 Å². The van der Waals surface area contributed by atoms with E-state index in [9.17, 15) is 9.18 Å². The van der Waals surface area contributed by atoms with Crippen LogP contribution in [0.1, 0.15) is 30.5 Å². The molecule has 0 amide bonds. The van der Waals surface area contributed by atoms with Gasteiger partial charge in [-0.1, -0.05) is 6.07 Å². The molecule has 1 aromatic carbocycles. The lowest BCUT2D eigenvalue weighted by Gasteiger charge is -2.13. The van der Waals surface area contributed by atoms with Gasteiger partial charge in [-0.25, -0.2) is 4.39 Å². The number of halogens is 2. The normalized spacial score (nSPS) is 11.5. The first-order chi connectivity index (χ1) is 7.54. The minimum Gasteiger partial charge on any atom is -0.466 e. The Labute approximate surface area is 107 Å². The quantitative estimate of drug-likeness (QED) is 0.848. The zero-order chi connectivity index (χ0) is 12.1. The molecule has 17 heavy (non-hydrogen) atoms. The molecule has 1 atom stereocenters. The Morgan fingerprint density at radius 1 is 1.53 bits per heavy atom. The van der Waals surface area contributed by atoms with Crippen molar-refractivity contribution in [3.63, 3.8) is 0 Å². The molecule has 5 heteroatoms. The topological polar surface area (TPSA) is 52.3 Å². The molecule has 0 bridgehead atoms. The van der Waals surface area contributed by atoms with E-state index in [-0.39, 0.29) is 30.6 Å². The van der Waals surface area contributed by atoms with Crippen LogP contribution in [-0.2, 0) is 9.53 Å². The highest BCUT2D eigenvalue weighted by atomic mass is 35.5. The van der Waals surface area contributed by atoms with Gasteiger partial charge in [-0.15, -0.1) is 12.4 Å². The Morgan fingerprint density at radius 2 is 2.18 bits per heavy atom. The van der Waals surface area contributed by atoms with Gasteiger partial charge < -0.3 is 10.5 Å². The highest BCUT2D eigenvalue weighted by molar-refractivity contribution is 5.85. The highest BCUT2D eigenvalue weighted by Crippen LogP contribution is 2.19. The second-order valence-electron chi connectivity index (χ2n) is 3.62. The molecule has 0 radical (unpaired) electrons. The summed E-state index contributed by atoms with van der Waals surface area (Å²) in [6, 6.07) is 3.90. The molecule has 0 saturated heterocycles. The largest absolute Gasteiger partial charge is 0.466 e. The second-order valence-corrected chi connectivity index (χ2v) is 3.62. The van der Waals surface area contributed by atoms with Gasteiger partial charge in [0.25, 0.3) is 0 Å². The zero-order valence-corrected chi connectivity index (χ0v) is 10.7. The lowest BCUT2D eigenvalue weighted by Crippen LogP contribution is -2.18. The number of benzene rings is 1. The van der Waals surface area contributed by atoms with Gasteiger partial charge in [0, 0.05) is 6.04 Å². The molecule has 0 aliphatic carbocycles. The lowest BCUT2D eigenvalue weighted by atomic mass is 9.99. The first-order valence-electron chi connectivity index (χ1n) is 5.21. The maximum atomic E-state index is 12.9. The number of esters is 1. The smallest absolute Gasteiger partial charge is 0.307 e. The average molecular weight is 262 g/mol. The van der Waals surface area contributed by atoms with Crippen LogP contribution in [0.4, 0.5) is 4.39 Å². The molecule has 0 aromatic heterocycles. The van der Waals surface area contributed by atoms with E-state index in [0.29, 0.717) is 6.61 Å². The molecule has 0 aliphatic rings. The summed E-state index contributed by atoms with van der Waals surface area (Å²) in [4.78, 5) is 11.2. The Bertz CT molecular complexity index is 385. The van der Waals surface area contributed by atoms with Gasteiger partial charge in [-0.05, 0) is 37.1 Å². The fourth-order valence-electron chi connectivity index (χ4n) is 1.56. The predicted molar refractivity (Wildman–Crippen MR) is 66.6 cm³/mol. The number of carbonyl (C=O) groups excluding carboxylic acids is 1. The van der Waals surface area contributed by atoms with Crippen molar-refractivity contribution in [2.24, 2.45) is 5.73 Å². The third kappa shape index (κ3) is 4.71. The van der Waals surface area contributed by atoms with Crippen LogP contribution in [-0.4, -0.2) is 12.6 Å². The first kappa shape index (κ1) is 15.9. The molecule has 2 N–H and O–H groups in total. The van der Waals surface area contributed by atoms with E-state index in [1.165, 1.54) is 12.1 Å².